The van der Waals surface area contributed by atoms with Gasteiger partial charge in [-0.25, -0.2) is 0 Å². The standard InChI is InChI=1S/4Na.H2O3S2.H2O3S/c;;;;1-5(2,3)4;1-4(2)3/h;;;;(H2,1,2,3,4);(H2,1,2,3)/q4*+1;;/p-4. The molecule has 0 fully saturated rings. The molecule has 0 spiro atoms. The van der Waals surface area contributed by atoms with E-state index in [9.17, 15) is 0 Å². The molecule has 13 heavy (non-hydrogen) atoms. The molecule has 0 atom stereocenters. The molecule has 6 nitrogen and oxygen atoms in total. The Morgan fingerprint density at radius 2 is 1.00 bits per heavy atom. The zero-order valence-electron chi connectivity index (χ0n) is 7.67. The first-order chi connectivity index (χ1) is 3.73. The SMILES string of the molecule is O=S([O-])([O-])=S.O=S([O-])[O-].[Na+].[Na+].[Na+].[Na+]. The van der Waals surface area contributed by atoms with Crippen molar-refractivity contribution in [1.82, 2.24) is 0 Å². The normalized spacial score (nSPS) is 7.15. The van der Waals surface area contributed by atoms with Gasteiger partial charge < -0.3 is 18.2 Å². The van der Waals surface area contributed by atoms with Gasteiger partial charge in [0.1, 0.15) is 0 Å². The summed E-state index contributed by atoms with van der Waals surface area (Å²) in [4.78, 5) is 0. The summed E-state index contributed by atoms with van der Waals surface area (Å²) in [5.74, 6) is 0. The molecule has 0 aliphatic heterocycles. The van der Waals surface area contributed by atoms with Crippen molar-refractivity contribution >= 4 is 31.6 Å². The van der Waals surface area contributed by atoms with Gasteiger partial charge >= 0.3 is 118 Å². The first-order valence-electron chi connectivity index (χ1n) is 1.17. The van der Waals surface area contributed by atoms with E-state index in [0.29, 0.717) is 0 Å². The second-order valence-corrected chi connectivity index (χ2v) is 3.06. The fourth-order valence-electron chi connectivity index (χ4n) is 0. The molecule has 0 radical (unpaired) electrons. The molecule has 0 rings (SSSR count). The maximum atomic E-state index is 8.89. The predicted octanol–water partition coefficient (Wildman–Crippen LogP) is -14.0. The Morgan fingerprint density at radius 3 is 1.00 bits per heavy atom. The molecule has 0 aromatic rings. The van der Waals surface area contributed by atoms with Crippen LogP contribution in [0.25, 0.3) is 0 Å². The van der Waals surface area contributed by atoms with Crippen molar-refractivity contribution in [2.24, 2.45) is 0 Å². The third kappa shape index (κ3) is 177. The Labute approximate surface area is 172 Å². The minimum atomic E-state index is -4.33. The van der Waals surface area contributed by atoms with Gasteiger partial charge in [0.15, 0.2) is 0 Å². The van der Waals surface area contributed by atoms with Gasteiger partial charge in [0.25, 0.3) is 0 Å². The topological polar surface area (TPSA) is 126 Å². The summed E-state index contributed by atoms with van der Waals surface area (Å²) in [6, 6.07) is 0. The third-order valence-electron chi connectivity index (χ3n) is 0. The van der Waals surface area contributed by atoms with Gasteiger partial charge in [-0.05, 0) is 11.2 Å². The third-order valence-corrected chi connectivity index (χ3v) is 0. The van der Waals surface area contributed by atoms with E-state index in [-0.39, 0.29) is 118 Å². The molecule has 0 unspecified atom stereocenters. The van der Waals surface area contributed by atoms with E-state index in [4.69, 9.17) is 26.6 Å². The minimum absolute atomic E-state index is 0. The Balaban J connectivity index is -0.0000000146. The molecular formula is Na4O6S3. The Bertz CT molecular complexity index is 162. The Kier molecular flexibility index (Phi) is 59.9. The summed E-state index contributed by atoms with van der Waals surface area (Å²) in [6.45, 7) is 0. The van der Waals surface area contributed by atoms with E-state index in [2.05, 4.69) is 11.2 Å². The molecule has 0 bridgehead atoms. The molecule has 58 valence electrons. The minimum Gasteiger partial charge on any atom is -0.784 e. The zero-order valence-corrected chi connectivity index (χ0v) is 18.1. The van der Waals surface area contributed by atoms with E-state index in [1.807, 2.05) is 0 Å². The van der Waals surface area contributed by atoms with E-state index < -0.39 is 20.4 Å². The fourth-order valence-corrected chi connectivity index (χ4v) is 0. The smallest absolute Gasteiger partial charge is 0.784 e. The van der Waals surface area contributed by atoms with Crippen LogP contribution in [0.4, 0.5) is 0 Å². The van der Waals surface area contributed by atoms with Crippen molar-refractivity contribution in [3.8, 4) is 0 Å². The molecule has 13 heteroatoms. The monoisotopic (exact) mass is 284 g/mol. The number of hydrogen-bond donors (Lipinski definition) is 0. The molecular weight excluding hydrogens is 284 g/mol. The molecule has 0 aliphatic rings. The molecule has 0 saturated carbocycles. The van der Waals surface area contributed by atoms with Crippen LogP contribution in [0.15, 0.2) is 0 Å². The summed E-state index contributed by atoms with van der Waals surface area (Å²) in [6.07, 6.45) is 0. The van der Waals surface area contributed by atoms with E-state index in [1.54, 1.807) is 0 Å². The van der Waals surface area contributed by atoms with Crippen LogP contribution in [0.1, 0.15) is 0 Å². The van der Waals surface area contributed by atoms with Crippen LogP contribution < -0.4 is 118 Å². The van der Waals surface area contributed by atoms with Gasteiger partial charge in [-0.3, -0.25) is 8.42 Å². The quantitative estimate of drug-likeness (QED) is 0.319. The van der Waals surface area contributed by atoms with Crippen molar-refractivity contribution in [3.63, 3.8) is 0 Å². The van der Waals surface area contributed by atoms with Crippen LogP contribution in [0.2, 0.25) is 0 Å². The first-order valence-corrected chi connectivity index (χ1v) is 4.50. The van der Waals surface area contributed by atoms with Gasteiger partial charge in [-0.2, -0.15) is 0 Å². The second-order valence-electron chi connectivity index (χ2n) is 0.612. The fraction of sp³-hybridized carbons (Fsp3) is 0. The van der Waals surface area contributed by atoms with Gasteiger partial charge in [-0.15, -0.1) is 20.4 Å². The van der Waals surface area contributed by atoms with Crippen LogP contribution in [-0.4, -0.2) is 26.6 Å². The van der Waals surface area contributed by atoms with E-state index in [0.717, 1.165) is 0 Å². The van der Waals surface area contributed by atoms with Crippen LogP contribution >= 0.6 is 0 Å². The molecule has 0 aromatic heterocycles. The van der Waals surface area contributed by atoms with Gasteiger partial charge in [0.05, 0.1) is 0 Å². The van der Waals surface area contributed by atoms with Crippen molar-refractivity contribution in [2.75, 3.05) is 0 Å². The van der Waals surface area contributed by atoms with Crippen molar-refractivity contribution < 1.29 is 145 Å². The van der Waals surface area contributed by atoms with Crippen LogP contribution in [0.3, 0.4) is 0 Å². The Hall–Kier alpha value is 4.36. The summed E-state index contributed by atoms with van der Waals surface area (Å²) in [7, 11) is -4.33. The maximum Gasteiger partial charge on any atom is 1.00 e. The molecule has 0 N–H and O–H groups in total. The first kappa shape index (κ1) is 36.0. The average molecular weight is 284 g/mol. The van der Waals surface area contributed by atoms with Crippen LogP contribution in [0.5, 0.6) is 0 Å². The summed E-state index contributed by atoms with van der Waals surface area (Å²) in [5, 5.41) is 0. The van der Waals surface area contributed by atoms with Gasteiger partial charge in [-0.1, -0.05) is 0 Å². The predicted molar refractivity (Wildman–Crippen MR) is 26.8 cm³/mol. The zero-order chi connectivity index (χ0) is 8.08. The van der Waals surface area contributed by atoms with Crippen molar-refractivity contribution in [2.45, 2.75) is 0 Å². The van der Waals surface area contributed by atoms with Gasteiger partial charge in [0, 0.05) is 0 Å². The van der Waals surface area contributed by atoms with E-state index in [1.165, 1.54) is 0 Å². The average Bonchev–Trinajstić information content (AvgIpc) is 1.19. The number of hydrogen-bond acceptors (Lipinski definition) is 7. The van der Waals surface area contributed by atoms with Crippen molar-refractivity contribution in [3.05, 3.63) is 0 Å². The molecule has 0 saturated heterocycles. The maximum absolute atomic E-state index is 8.89. The molecule has 0 aliphatic carbocycles. The molecule has 0 aromatic carbocycles. The molecule has 0 heterocycles. The summed E-state index contributed by atoms with van der Waals surface area (Å²) in [5.41, 5.74) is 0. The summed E-state index contributed by atoms with van der Waals surface area (Å²) >= 11 is 0.132. The number of rotatable bonds is 0. The molecule has 0 amide bonds. The van der Waals surface area contributed by atoms with E-state index >= 15 is 0 Å². The van der Waals surface area contributed by atoms with Crippen LogP contribution in [-0.2, 0) is 31.6 Å². The largest absolute Gasteiger partial charge is 1.00 e. The van der Waals surface area contributed by atoms with Gasteiger partial charge in [0.2, 0.25) is 0 Å². The van der Waals surface area contributed by atoms with Crippen LogP contribution in [0, 0.1) is 0 Å². The Morgan fingerprint density at radius 1 is 1.00 bits per heavy atom. The summed E-state index contributed by atoms with van der Waals surface area (Å²) < 4.78 is 52.0. The van der Waals surface area contributed by atoms with Crippen molar-refractivity contribution in [1.29, 1.82) is 0 Å². The second kappa shape index (κ2) is 21.6.